The molecule has 8 heteroatoms. The van der Waals surface area contributed by atoms with Crippen LogP contribution in [0.1, 0.15) is 33.6 Å². The summed E-state index contributed by atoms with van der Waals surface area (Å²) in [6.45, 7) is 0.922. The minimum absolute atomic E-state index is 0.109. The van der Waals surface area contributed by atoms with Gasteiger partial charge in [-0.25, -0.2) is 4.39 Å². The predicted molar refractivity (Wildman–Crippen MR) is 110 cm³/mol. The number of amides is 2. The monoisotopic (exact) mass is 413 g/mol. The van der Waals surface area contributed by atoms with Crippen molar-refractivity contribution in [3.8, 4) is 11.5 Å². The third-order valence-electron chi connectivity index (χ3n) is 6.06. The fourth-order valence-corrected chi connectivity index (χ4v) is 4.26. The zero-order valence-corrected chi connectivity index (χ0v) is 17.2. The van der Waals surface area contributed by atoms with E-state index in [4.69, 9.17) is 9.47 Å². The Kier molecular flexibility index (Phi) is 5.01. The second-order valence-corrected chi connectivity index (χ2v) is 7.57. The third kappa shape index (κ3) is 3.22. The van der Waals surface area contributed by atoms with Crippen molar-refractivity contribution < 1.29 is 23.5 Å². The molecule has 2 aliphatic rings. The summed E-state index contributed by atoms with van der Waals surface area (Å²) in [5.41, 5.74) is 0.885. The van der Waals surface area contributed by atoms with Crippen LogP contribution in [0.3, 0.4) is 0 Å². The lowest BCUT2D eigenvalue weighted by molar-refractivity contribution is 0.0608. The van der Waals surface area contributed by atoms with E-state index in [0.717, 1.165) is 0 Å². The molecule has 0 aromatic heterocycles. The maximum atomic E-state index is 13.8. The number of rotatable bonds is 3. The van der Waals surface area contributed by atoms with Crippen LogP contribution in [0.25, 0.3) is 0 Å². The van der Waals surface area contributed by atoms with Crippen molar-refractivity contribution in [1.29, 1.82) is 0 Å². The Balaban J connectivity index is 1.52. The molecule has 0 unspecified atom stereocenters. The van der Waals surface area contributed by atoms with Gasteiger partial charge in [0.05, 0.1) is 25.5 Å². The topological polar surface area (TPSA) is 71.1 Å². The Hall–Kier alpha value is -3.29. The molecule has 2 aromatic carbocycles. The molecular weight excluding hydrogens is 389 g/mol. The van der Waals surface area contributed by atoms with Crippen LogP contribution >= 0.6 is 0 Å². The van der Waals surface area contributed by atoms with E-state index in [2.05, 4.69) is 5.32 Å². The van der Waals surface area contributed by atoms with Crippen LogP contribution in [-0.2, 0) is 0 Å². The summed E-state index contributed by atoms with van der Waals surface area (Å²) in [5, 5.41) is 3.08. The number of ether oxygens (including phenoxy) is 2. The fourth-order valence-electron chi connectivity index (χ4n) is 4.26. The lowest BCUT2D eigenvalue weighted by Gasteiger charge is -2.51. The van der Waals surface area contributed by atoms with Crippen LogP contribution in [-0.4, -0.2) is 56.7 Å². The van der Waals surface area contributed by atoms with Crippen molar-refractivity contribution in [3.05, 3.63) is 53.3 Å². The van der Waals surface area contributed by atoms with E-state index in [1.54, 1.807) is 30.2 Å². The maximum Gasteiger partial charge on any atom is 0.255 e. The highest BCUT2D eigenvalue weighted by Gasteiger charge is 2.45. The van der Waals surface area contributed by atoms with E-state index in [1.165, 1.54) is 25.3 Å². The van der Waals surface area contributed by atoms with Gasteiger partial charge in [-0.15, -0.1) is 0 Å². The number of carbonyl (C=O) groups excluding carboxylic acids is 2. The molecule has 2 amide bonds. The summed E-state index contributed by atoms with van der Waals surface area (Å²) in [6.07, 6.45) is 1.06. The number of hydrogen-bond acceptors (Lipinski definition) is 5. The number of methoxy groups -OCH3 is 2. The molecule has 0 aliphatic carbocycles. The molecular formula is C22H24FN3O4. The molecule has 1 spiro atoms. The number of likely N-dealkylation sites (tertiary alicyclic amines) is 1. The minimum atomic E-state index is -0.647. The van der Waals surface area contributed by atoms with Gasteiger partial charge in [-0.2, -0.15) is 0 Å². The van der Waals surface area contributed by atoms with Gasteiger partial charge >= 0.3 is 0 Å². The van der Waals surface area contributed by atoms with Gasteiger partial charge in [-0.3, -0.25) is 9.59 Å². The molecule has 0 atom stereocenters. The molecule has 1 saturated heterocycles. The number of anilines is 1. The predicted octanol–water partition coefficient (Wildman–Crippen LogP) is 2.66. The van der Waals surface area contributed by atoms with Crippen LogP contribution in [0.15, 0.2) is 36.4 Å². The zero-order chi connectivity index (χ0) is 21.5. The van der Waals surface area contributed by atoms with Gasteiger partial charge in [0.1, 0.15) is 11.5 Å². The number of benzene rings is 2. The van der Waals surface area contributed by atoms with Gasteiger partial charge in [0.15, 0.2) is 11.5 Å². The van der Waals surface area contributed by atoms with Crippen molar-refractivity contribution in [1.82, 2.24) is 10.2 Å². The molecule has 7 nitrogen and oxygen atoms in total. The first-order chi connectivity index (χ1) is 14.4. The van der Waals surface area contributed by atoms with Crippen LogP contribution in [0.4, 0.5) is 10.1 Å². The summed E-state index contributed by atoms with van der Waals surface area (Å²) >= 11 is 0. The van der Waals surface area contributed by atoms with E-state index in [9.17, 15) is 14.0 Å². The average molecular weight is 413 g/mol. The second-order valence-electron chi connectivity index (χ2n) is 7.57. The van der Waals surface area contributed by atoms with Crippen LogP contribution in [0.5, 0.6) is 11.5 Å². The summed E-state index contributed by atoms with van der Waals surface area (Å²) in [6, 6.07) is 9.25. The first-order valence-corrected chi connectivity index (χ1v) is 9.76. The largest absolute Gasteiger partial charge is 0.493 e. The maximum absolute atomic E-state index is 13.8. The van der Waals surface area contributed by atoms with Crippen molar-refractivity contribution >= 4 is 17.5 Å². The highest BCUT2D eigenvalue weighted by atomic mass is 19.1. The van der Waals surface area contributed by atoms with Gasteiger partial charge in [-0.05, 0) is 36.4 Å². The molecule has 0 saturated carbocycles. The van der Waals surface area contributed by atoms with Gasteiger partial charge in [0, 0.05) is 38.5 Å². The normalized spacial score (nSPS) is 17.4. The Morgan fingerprint density at radius 1 is 1.07 bits per heavy atom. The minimum Gasteiger partial charge on any atom is -0.493 e. The van der Waals surface area contributed by atoms with Crippen molar-refractivity contribution in [2.24, 2.45) is 0 Å². The van der Waals surface area contributed by atoms with Crippen molar-refractivity contribution in [2.45, 2.75) is 18.5 Å². The lowest BCUT2D eigenvalue weighted by atomic mass is 9.90. The number of halogens is 1. The number of nitrogens with one attached hydrogen (secondary N) is 1. The molecule has 158 valence electrons. The molecule has 4 rings (SSSR count). The van der Waals surface area contributed by atoms with E-state index in [1.807, 2.05) is 11.9 Å². The van der Waals surface area contributed by atoms with Gasteiger partial charge in [-0.1, -0.05) is 0 Å². The standard InChI is InChI=1S/C22H24FN3O4/c1-25-17-13-15(23)5-6-16(17)20(27)24-22(25)8-10-26(11-9-22)21(28)14-4-7-18(29-2)19(12-14)30-3/h4-7,12-13H,8-11H2,1-3H3,(H,24,27). The van der Waals surface area contributed by atoms with Crippen LogP contribution < -0.4 is 19.7 Å². The number of fused-ring (bicyclic) bond motifs is 1. The first kappa shape index (κ1) is 20.0. The highest BCUT2D eigenvalue weighted by molar-refractivity contribution is 6.02. The SMILES string of the molecule is COc1ccc(C(=O)N2CCC3(CC2)NC(=O)c2ccc(F)cc2N3C)cc1OC. The zero-order valence-electron chi connectivity index (χ0n) is 17.2. The van der Waals surface area contributed by atoms with Gasteiger partial charge in [0.25, 0.3) is 11.8 Å². The lowest BCUT2D eigenvalue weighted by Crippen LogP contribution is -2.67. The molecule has 2 aromatic rings. The molecule has 2 aliphatic heterocycles. The molecule has 0 bridgehead atoms. The highest BCUT2D eigenvalue weighted by Crippen LogP contribution is 2.37. The third-order valence-corrected chi connectivity index (χ3v) is 6.06. The fraction of sp³-hybridized carbons (Fsp3) is 0.364. The van der Waals surface area contributed by atoms with Crippen LogP contribution in [0.2, 0.25) is 0 Å². The Labute approximate surface area is 174 Å². The number of hydrogen-bond donors (Lipinski definition) is 1. The van der Waals surface area contributed by atoms with E-state index >= 15 is 0 Å². The molecule has 1 N–H and O–H groups in total. The number of piperidine rings is 1. The quantitative estimate of drug-likeness (QED) is 0.838. The smallest absolute Gasteiger partial charge is 0.255 e. The Bertz CT molecular complexity index is 1000. The van der Waals surface area contributed by atoms with Crippen molar-refractivity contribution in [2.75, 3.05) is 39.3 Å². The molecule has 2 heterocycles. The number of carbonyl (C=O) groups is 2. The van der Waals surface area contributed by atoms with E-state index < -0.39 is 5.66 Å². The summed E-state index contributed by atoms with van der Waals surface area (Å²) in [4.78, 5) is 29.3. The Morgan fingerprint density at radius 2 is 1.77 bits per heavy atom. The van der Waals surface area contributed by atoms with Crippen molar-refractivity contribution in [3.63, 3.8) is 0 Å². The van der Waals surface area contributed by atoms with E-state index in [0.29, 0.717) is 54.2 Å². The second kappa shape index (κ2) is 7.51. The van der Waals surface area contributed by atoms with Crippen LogP contribution in [0, 0.1) is 5.82 Å². The average Bonchev–Trinajstić information content (AvgIpc) is 2.77. The molecule has 1 fully saturated rings. The summed E-state index contributed by atoms with van der Waals surface area (Å²) in [5.74, 6) is 0.343. The molecule has 0 radical (unpaired) electrons. The van der Waals surface area contributed by atoms with E-state index in [-0.39, 0.29) is 17.6 Å². The Morgan fingerprint density at radius 3 is 2.43 bits per heavy atom. The first-order valence-electron chi connectivity index (χ1n) is 9.76. The van der Waals surface area contributed by atoms with Gasteiger partial charge < -0.3 is 24.6 Å². The summed E-state index contributed by atoms with van der Waals surface area (Å²) < 4.78 is 24.3. The van der Waals surface area contributed by atoms with Gasteiger partial charge in [0.2, 0.25) is 0 Å². The molecule has 30 heavy (non-hydrogen) atoms. The number of nitrogens with zero attached hydrogens (tertiary/aromatic N) is 2. The summed E-state index contributed by atoms with van der Waals surface area (Å²) in [7, 11) is 4.92.